The van der Waals surface area contributed by atoms with E-state index < -0.39 is 29.4 Å². The van der Waals surface area contributed by atoms with Crippen LogP contribution in [0.4, 0.5) is 5.69 Å². The predicted molar refractivity (Wildman–Crippen MR) is 106 cm³/mol. The number of likely N-dealkylation sites (tertiary alicyclic amines) is 1. The predicted octanol–water partition coefficient (Wildman–Crippen LogP) is 1.73. The number of esters is 1. The summed E-state index contributed by atoms with van der Waals surface area (Å²) in [5, 5.41) is 3.35. The molecule has 2 fully saturated rings. The Morgan fingerprint density at radius 1 is 1.14 bits per heavy atom. The molecule has 0 saturated carbocycles. The van der Waals surface area contributed by atoms with Crippen LogP contribution in [-0.4, -0.2) is 55.5 Å². The van der Waals surface area contributed by atoms with Gasteiger partial charge in [-0.15, -0.1) is 0 Å². The Morgan fingerprint density at radius 2 is 1.79 bits per heavy atom. The maximum Gasteiger partial charge on any atom is 0.327 e. The molecule has 0 aromatic heterocycles. The number of hydrogen-bond donors (Lipinski definition) is 1. The van der Waals surface area contributed by atoms with Crippen LogP contribution in [0, 0.1) is 11.8 Å². The molecule has 4 unspecified atom stereocenters. The molecule has 2 saturated heterocycles. The van der Waals surface area contributed by atoms with Crippen LogP contribution in [-0.2, 0) is 19.1 Å². The van der Waals surface area contributed by atoms with Gasteiger partial charge in [0.15, 0.2) is 0 Å². The van der Waals surface area contributed by atoms with E-state index in [0.717, 1.165) is 11.3 Å². The van der Waals surface area contributed by atoms with Gasteiger partial charge in [-0.1, -0.05) is 19.1 Å². The van der Waals surface area contributed by atoms with Crippen LogP contribution in [0.1, 0.15) is 38.8 Å². The lowest BCUT2D eigenvalue weighted by Gasteiger charge is -2.31. The summed E-state index contributed by atoms with van der Waals surface area (Å²) in [7, 11) is 3.92. The molecule has 1 aromatic rings. The van der Waals surface area contributed by atoms with Crippen molar-refractivity contribution in [1.29, 1.82) is 0 Å². The zero-order valence-corrected chi connectivity index (χ0v) is 17.2. The fourth-order valence-electron chi connectivity index (χ4n) is 4.56. The lowest BCUT2D eigenvalue weighted by molar-refractivity contribution is -0.156. The van der Waals surface area contributed by atoms with E-state index in [1.54, 1.807) is 13.8 Å². The molecule has 152 valence electrons. The molecule has 2 aliphatic heterocycles. The number of imide groups is 1. The van der Waals surface area contributed by atoms with Gasteiger partial charge in [0, 0.05) is 32.4 Å². The second-order valence-electron chi connectivity index (χ2n) is 7.58. The maximum absolute atomic E-state index is 13.1. The number of carbonyl (C=O) groups is 3. The Kier molecular flexibility index (Phi) is 5.48. The van der Waals surface area contributed by atoms with E-state index in [0.29, 0.717) is 13.0 Å². The van der Waals surface area contributed by atoms with E-state index >= 15 is 0 Å². The maximum atomic E-state index is 13.1. The number of nitrogens with zero attached hydrogens (tertiary/aromatic N) is 2. The highest BCUT2D eigenvalue weighted by Crippen LogP contribution is 2.50. The van der Waals surface area contributed by atoms with E-state index in [9.17, 15) is 14.4 Å². The first-order valence-electron chi connectivity index (χ1n) is 9.89. The fourth-order valence-corrected chi connectivity index (χ4v) is 4.56. The second kappa shape index (κ2) is 7.54. The van der Waals surface area contributed by atoms with Gasteiger partial charge in [0.05, 0.1) is 18.4 Å². The van der Waals surface area contributed by atoms with Gasteiger partial charge >= 0.3 is 5.97 Å². The van der Waals surface area contributed by atoms with Crippen molar-refractivity contribution in [3.05, 3.63) is 29.8 Å². The topological polar surface area (TPSA) is 79.0 Å². The summed E-state index contributed by atoms with van der Waals surface area (Å²) in [6.07, 6.45) is 0.371. The minimum absolute atomic E-state index is 0.216. The van der Waals surface area contributed by atoms with Crippen molar-refractivity contribution in [1.82, 2.24) is 10.2 Å². The summed E-state index contributed by atoms with van der Waals surface area (Å²) in [6.45, 7) is 5.90. The average Bonchev–Trinajstić information content (AvgIpc) is 3.16. The van der Waals surface area contributed by atoms with Crippen LogP contribution in [0.2, 0.25) is 0 Å². The third-order valence-electron chi connectivity index (χ3n) is 6.03. The number of nitrogens with one attached hydrogen (secondary N) is 1. The summed E-state index contributed by atoms with van der Waals surface area (Å²) < 4.78 is 5.33. The number of anilines is 1. The highest BCUT2D eigenvalue weighted by atomic mass is 16.5. The van der Waals surface area contributed by atoms with Crippen LogP contribution in [0.3, 0.4) is 0 Å². The number of benzene rings is 1. The lowest BCUT2D eigenvalue weighted by atomic mass is 9.78. The van der Waals surface area contributed by atoms with Crippen molar-refractivity contribution in [2.45, 2.75) is 38.8 Å². The minimum atomic E-state index is -1.19. The van der Waals surface area contributed by atoms with Gasteiger partial charge in [0.2, 0.25) is 11.8 Å². The molecule has 0 bridgehead atoms. The van der Waals surface area contributed by atoms with Crippen molar-refractivity contribution < 1.29 is 19.1 Å². The van der Waals surface area contributed by atoms with Crippen LogP contribution in [0.5, 0.6) is 0 Å². The molecule has 1 N–H and O–H groups in total. The lowest BCUT2D eigenvalue weighted by Crippen LogP contribution is -2.56. The highest BCUT2D eigenvalue weighted by Gasteiger charge is 2.67. The van der Waals surface area contributed by atoms with E-state index in [1.807, 2.05) is 50.2 Å². The Labute approximate surface area is 166 Å². The minimum Gasteiger partial charge on any atom is -0.465 e. The molecule has 7 heteroatoms. The van der Waals surface area contributed by atoms with Gasteiger partial charge < -0.3 is 9.64 Å². The molecule has 4 atom stereocenters. The summed E-state index contributed by atoms with van der Waals surface area (Å²) in [5.74, 6) is -2.32. The van der Waals surface area contributed by atoms with E-state index in [4.69, 9.17) is 4.74 Å². The molecule has 0 aliphatic carbocycles. The normalized spacial score (nSPS) is 29.2. The molecule has 7 nitrogen and oxygen atoms in total. The molecule has 1 aromatic carbocycles. The van der Waals surface area contributed by atoms with E-state index in [-0.39, 0.29) is 18.4 Å². The van der Waals surface area contributed by atoms with Crippen molar-refractivity contribution >= 4 is 23.5 Å². The van der Waals surface area contributed by atoms with E-state index in [1.165, 1.54) is 4.90 Å². The SMILES string of the molecule is CCOC(=O)C1(CC)NC(c2ccc(N(C)C)cc2)C2C(=O)N(CC)C(=O)C21. The Balaban J connectivity index is 2.08. The fraction of sp³-hybridized carbons (Fsp3) is 0.571. The molecule has 2 heterocycles. The highest BCUT2D eigenvalue weighted by molar-refractivity contribution is 6.09. The summed E-state index contributed by atoms with van der Waals surface area (Å²) >= 11 is 0. The van der Waals surface area contributed by atoms with Crippen molar-refractivity contribution in [2.24, 2.45) is 11.8 Å². The average molecular weight is 387 g/mol. The number of rotatable bonds is 6. The van der Waals surface area contributed by atoms with Crippen molar-refractivity contribution in [3.63, 3.8) is 0 Å². The number of amides is 2. The van der Waals surface area contributed by atoms with Gasteiger partial charge in [-0.05, 0) is 38.0 Å². The van der Waals surface area contributed by atoms with Crippen LogP contribution < -0.4 is 10.2 Å². The van der Waals surface area contributed by atoms with Crippen LogP contribution in [0.15, 0.2) is 24.3 Å². The molecule has 3 rings (SSSR count). The first-order valence-corrected chi connectivity index (χ1v) is 9.89. The van der Waals surface area contributed by atoms with Crippen LogP contribution in [0.25, 0.3) is 0 Å². The van der Waals surface area contributed by atoms with E-state index in [2.05, 4.69) is 5.32 Å². The number of ether oxygens (including phenoxy) is 1. The molecule has 2 amide bonds. The molecular weight excluding hydrogens is 358 g/mol. The quantitative estimate of drug-likeness (QED) is 0.592. The zero-order chi connectivity index (χ0) is 20.6. The third kappa shape index (κ3) is 2.89. The summed E-state index contributed by atoms with van der Waals surface area (Å²) in [4.78, 5) is 42.4. The molecule has 28 heavy (non-hydrogen) atoms. The zero-order valence-electron chi connectivity index (χ0n) is 17.2. The largest absolute Gasteiger partial charge is 0.465 e. The Hall–Kier alpha value is -2.41. The Bertz CT molecular complexity index is 776. The third-order valence-corrected chi connectivity index (χ3v) is 6.03. The van der Waals surface area contributed by atoms with Gasteiger partial charge in [0.1, 0.15) is 5.54 Å². The smallest absolute Gasteiger partial charge is 0.327 e. The monoisotopic (exact) mass is 387 g/mol. The Morgan fingerprint density at radius 3 is 2.29 bits per heavy atom. The van der Waals surface area contributed by atoms with Gasteiger partial charge in [-0.25, -0.2) is 0 Å². The summed E-state index contributed by atoms with van der Waals surface area (Å²) in [6, 6.07) is 7.43. The molecule has 0 radical (unpaired) electrons. The van der Waals surface area contributed by atoms with Gasteiger partial charge in [0.25, 0.3) is 0 Å². The molecule has 0 spiro atoms. The standard InChI is InChI=1S/C21H29N3O4/c1-6-21(20(27)28-8-3)16-15(18(25)24(7-2)19(16)26)17(22-21)13-9-11-14(12-10-13)23(4)5/h9-12,15-17,22H,6-8H2,1-5H3. The molecular formula is C21H29N3O4. The van der Waals surface area contributed by atoms with Gasteiger partial charge in [-0.2, -0.15) is 0 Å². The van der Waals surface area contributed by atoms with Crippen LogP contribution >= 0.6 is 0 Å². The van der Waals surface area contributed by atoms with Crippen molar-refractivity contribution in [2.75, 3.05) is 32.1 Å². The second-order valence-corrected chi connectivity index (χ2v) is 7.58. The number of hydrogen-bond acceptors (Lipinski definition) is 6. The number of fused-ring (bicyclic) bond motifs is 1. The first kappa shape index (κ1) is 20.3. The summed E-state index contributed by atoms with van der Waals surface area (Å²) in [5.41, 5.74) is 0.733. The number of carbonyl (C=O) groups excluding carboxylic acids is 3. The molecule has 2 aliphatic rings. The van der Waals surface area contributed by atoms with Crippen molar-refractivity contribution in [3.8, 4) is 0 Å². The first-order chi connectivity index (χ1) is 13.3. The van der Waals surface area contributed by atoms with Gasteiger partial charge in [-0.3, -0.25) is 24.6 Å².